The summed E-state index contributed by atoms with van der Waals surface area (Å²) < 4.78 is 51.1. The fraction of sp³-hybridized carbons (Fsp3) is 0.417. The van der Waals surface area contributed by atoms with E-state index in [2.05, 4.69) is 5.32 Å². The third-order valence-electron chi connectivity index (χ3n) is 2.67. The van der Waals surface area contributed by atoms with E-state index in [0.29, 0.717) is 0 Å². The van der Waals surface area contributed by atoms with Crippen molar-refractivity contribution < 1.29 is 17.2 Å². The molecule has 1 aromatic rings. The van der Waals surface area contributed by atoms with Crippen molar-refractivity contribution in [2.24, 2.45) is 0 Å². The van der Waals surface area contributed by atoms with Crippen LogP contribution < -0.4 is 5.32 Å². The van der Waals surface area contributed by atoms with Crippen LogP contribution in [-0.2, 0) is 16.6 Å². The van der Waals surface area contributed by atoms with Gasteiger partial charge in [-0.3, -0.25) is 0 Å². The molecule has 1 rings (SSSR count). The maximum Gasteiger partial charge on any atom is 0.214 e. The second kappa shape index (κ2) is 6.74. The number of nitrogens with zero attached hydrogens (tertiary/aromatic N) is 2. The smallest absolute Gasteiger partial charge is 0.214 e. The average Bonchev–Trinajstić information content (AvgIpc) is 2.36. The molecular weight excluding hydrogens is 288 g/mol. The third kappa shape index (κ3) is 4.23. The summed E-state index contributed by atoms with van der Waals surface area (Å²) in [5, 5.41) is 11.2. The number of rotatable bonds is 6. The second-order valence-corrected chi connectivity index (χ2v) is 6.61. The van der Waals surface area contributed by atoms with Crippen molar-refractivity contribution in [1.82, 2.24) is 9.62 Å². The molecule has 20 heavy (non-hydrogen) atoms. The van der Waals surface area contributed by atoms with Crippen LogP contribution in [0.1, 0.15) is 11.1 Å². The van der Waals surface area contributed by atoms with Gasteiger partial charge < -0.3 is 5.32 Å². The van der Waals surface area contributed by atoms with Gasteiger partial charge in [0.15, 0.2) is 0 Å². The zero-order valence-corrected chi connectivity index (χ0v) is 12.0. The zero-order chi connectivity index (χ0) is 15.3. The van der Waals surface area contributed by atoms with Gasteiger partial charge in [0.2, 0.25) is 10.0 Å². The molecular formula is C12H15F2N3O2S. The molecule has 0 amide bonds. The van der Waals surface area contributed by atoms with Crippen molar-refractivity contribution in [3.05, 3.63) is 34.9 Å². The van der Waals surface area contributed by atoms with E-state index in [9.17, 15) is 17.2 Å². The van der Waals surface area contributed by atoms with E-state index in [-0.39, 0.29) is 30.0 Å². The van der Waals surface area contributed by atoms with Gasteiger partial charge in [0.25, 0.3) is 0 Å². The first-order valence-corrected chi connectivity index (χ1v) is 7.38. The first kappa shape index (κ1) is 16.5. The van der Waals surface area contributed by atoms with E-state index in [0.717, 1.165) is 16.4 Å². The Morgan fingerprint density at radius 2 is 1.85 bits per heavy atom. The van der Waals surface area contributed by atoms with Crippen LogP contribution in [0.15, 0.2) is 12.1 Å². The van der Waals surface area contributed by atoms with Crippen molar-refractivity contribution in [2.75, 3.05) is 26.4 Å². The molecule has 1 N–H and O–H groups in total. The molecule has 1 aromatic carbocycles. The van der Waals surface area contributed by atoms with Crippen molar-refractivity contribution >= 4 is 10.0 Å². The molecule has 0 aliphatic heterocycles. The molecule has 0 saturated heterocycles. The Kier molecular flexibility index (Phi) is 5.56. The number of halogens is 2. The van der Waals surface area contributed by atoms with E-state index in [1.165, 1.54) is 14.1 Å². The lowest BCUT2D eigenvalue weighted by Crippen LogP contribution is -2.31. The molecule has 0 unspecified atom stereocenters. The topological polar surface area (TPSA) is 73.2 Å². The summed E-state index contributed by atoms with van der Waals surface area (Å²) in [6.07, 6.45) is 0. The van der Waals surface area contributed by atoms with Crippen molar-refractivity contribution in [2.45, 2.75) is 6.54 Å². The summed E-state index contributed by atoms with van der Waals surface area (Å²) in [5.41, 5.74) is -0.315. The molecule has 0 bridgehead atoms. The lowest BCUT2D eigenvalue weighted by molar-refractivity contribution is 0.514. The SMILES string of the molecule is CN(C)S(=O)(=O)CCNCc1c(F)cc(C#N)cc1F. The highest BCUT2D eigenvalue weighted by molar-refractivity contribution is 7.89. The largest absolute Gasteiger partial charge is 0.311 e. The normalized spacial score (nSPS) is 11.6. The molecule has 0 atom stereocenters. The van der Waals surface area contributed by atoms with E-state index in [4.69, 9.17) is 5.26 Å². The standard InChI is InChI=1S/C12H15F2N3O2S/c1-17(2)20(18,19)4-3-16-8-10-11(13)5-9(7-15)6-12(10)14/h5-6,16H,3-4,8H2,1-2H3. The van der Waals surface area contributed by atoms with E-state index in [1.807, 2.05) is 0 Å². The Bertz CT molecular complexity index is 601. The molecule has 110 valence electrons. The summed E-state index contributed by atoms with van der Waals surface area (Å²) in [6.45, 7) is -0.0777. The van der Waals surface area contributed by atoms with Crippen molar-refractivity contribution in [3.8, 4) is 6.07 Å². The number of benzene rings is 1. The van der Waals surface area contributed by atoms with Crippen LogP contribution in [0.2, 0.25) is 0 Å². The minimum Gasteiger partial charge on any atom is -0.311 e. The molecule has 0 aliphatic rings. The molecule has 8 heteroatoms. The second-order valence-electron chi connectivity index (χ2n) is 4.31. The highest BCUT2D eigenvalue weighted by Crippen LogP contribution is 2.14. The molecule has 0 aliphatic carbocycles. The predicted octanol–water partition coefficient (Wildman–Crippen LogP) is 0.817. The first-order chi connectivity index (χ1) is 9.27. The van der Waals surface area contributed by atoms with Gasteiger partial charge in [-0.2, -0.15) is 5.26 Å². The maximum atomic E-state index is 13.5. The lowest BCUT2D eigenvalue weighted by atomic mass is 10.1. The number of nitriles is 1. The maximum absolute atomic E-state index is 13.5. The summed E-state index contributed by atoms with van der Waals surface area (Å²) in [5.74, 6) is -1.83. The number of sulfonamides is 1. The van der Waals surface area contributed by atoms with E-state index >= 15 is 0 Å². The lowest BCUT2D eigenvalue weighted by Gasteiger charge is -2.12. The van der Waals surface area contributed by atoms with Crippen LogP contribution in [0.4, 0.5) is 8.78 Å². The minimum absolute atomic E-state index is 0.0688. The first-order valence-electron chi connectivity index (χ1n) is 5.77. The monoisotopic (exact) mass is 303 g/mol. The van der Waals surface area contributed by atoms with Gasteiger partial charge in [0.1, 0.15) is 11.6 Å². The van der Waals surface area contributed by atoms with Crippen LogP contribution in [0.25, 0.3) is 0 Å². The summed E-state index contributed by atoms with van der Waals surface area (Å²) in [7, 11) is -0.519. The van der Waals surface area contributed by atoms with Gasteiger partial charge in [-0.15, -0.1) is 0 Å². The molecule has 0 radical (unpaired) electrons. The highest BCUT2D eigenvalue weighted by Gasteiger charge is 2.14. The fourth-order valence-corrected chi connectivity index (χ4v) is 2.20. The van der Waals surface area contributed by atoms with Gasteiger partial charge in [0, 0.05) is 32.7 Å². The van der Waals surface area contributed by atoms with Crippen LogP contribution in [0, 0.1) is 23.0 Å². The number of nitrogens with one attached hydrogen (secondary N) is 1. The van der Waals surface area contributed by atoms with Crippen LogP contribution in [0.3, 0.4) is 0 Å². The Balaban J connectivity index is 2.62. The Hall–Kier alpha value is -1.56. The highest BCUT2D eigenvalue weighted by atomic mass is 32.2. The van der Waals surface area contributed by atoms with Crippen molar-refractivity contribution in [1.29, 1.82) is 5.26 Å². The Morgan fingerprint density at radius 1 is 1.30 bits per heavy atom. The van der Waals surface area contributed by atoms with Crippen LogP contribution in [0.5, 0.6) is 0 Å². The van der Waals surface area contributed by atoms with E-state index < -0.39 is 21.7 Å². The molecule has 0 aromatic heterocycles. The fourth-order valence-electron chi connectivity index (χ4n) is 1.43. The molecule has 0 spiro atoms. The van der Waals surface area contributed by atoms with E-state index in [1.54, 1.807) is 6.07 Å². The third-order valence-corrected chi connectivity index (χ3v) is 4.50. The Labute approximate surface area is 116 Å². The van der Waals surface area contributed by atoms with Crippen molar-refractivity contribution in [3.63, 3.8) is 0 Å². The van der Waals surface area contributed by atoms with Crippen LogP contribution in [-0.4, -0.2) is 39.1 Å². The van der Waals surface area contributed by atoms with Gasteiger partial charge in [-0.25, -0.2) is 21.5 Å². The minimum atomic E-state index is -3.34. The quantitative estimate of drug-likeness (QED) is 0.790. The molecule has 0 saturated carbocycles. The molecule has 0 fully saturated rings. The van der Waals surface area contributed by atoms with Crippen LogP contribution >= 0.6 is 0 Å². The van der Waals surface area contributed by atoms with Gasteiger partial charge in [-0.1, -0.05) is 0 Å². The summed E-state index contributed by atoms with van der Waals surface area (Å²) in [6, 6.07) is 3.53. The van der Waals surface area contributed by atoms with Gasteiger partial charge >= 0.3 is 0 Å². The summed E-state index contributed by atoms with van der Waals surface area (Å²) >= 11 is 0. The van der Waals surface area contributed by atoms with Gasteiger partial charge in [0.05, 0.1) is 17.4 Å². The average molecular weight is 303 g/mol. The predicted molar refractivity (Wildman–Crippen MR) is 70.3 cm³/mol. The number of hydrogen-bond donors (Lipinski definition) is 1. The number of hydrogen-bond acceptors (Lipinski definition) is 4. The summed E-state index contributed by atoms with van der Waals surface area (Å²) in [4.78, 5) is 0. The Morgan fingerprint density at radius 3 is 2.30 bits per heavy atom. The zero-order valence-electron chi connectivity index (χ0n) is 11.2. The van der Waals surface area contributed by atoms with Gasteiger partial charge in [-0.05, 0) is 12.1 Å². The molecule has 5 nitrogen and oxygen atoms in total. The molecule has 0 heterocycles.